The third-order valence-electron chi connectivity index (χ3n) is 11.2. The molecule has 314 valence electrons. The second-order valence-corrected chi connectivity index (χ2v) is 15.2. The molecule has 4 saturated heterocycles. The summed E-state index contributed by atoms with van der Waals surface area (Å²) in [5, 5.41) is 76.8. The minimum Gasteiger partial charge on any atom is -0.494 e. The molecular weight excluding hydrogens is 769 g/mol. The van der Waals surface area contributed by atoms with E-state index in [2.05, 4.69) is 27.1 Å². The molecule has 0 radical (unpaired) electrons. The van der Waals surface area contributed by atoms with Gasteiger partial charge in [-0.15, -0.1) is 0 Å². The molecule has 0 aliphatic carbocycles. The third-order valence-corrected chi connectivity index (χ3v) is 11.2. The van der Waals surface area contributed by atoms with Crippen LogP contribution in [0.25, 0.3) is 10.9 Å². The highest BCUT2D eigenvalue weighted by atomic mass is 16.8. The van der Waals surface area contributed by atoms with Gasteiger partial charge in [-0.2, -0.15) is 0 Å². The molecule has 0 saturated carbocycles. The number of ether oxygens (including phenoxy) is 3. The largest absolute Gasteiger partial charge is 0.494 e. The number of hydrogen-bond acceptors (Lipinski definition) is 16. The highest BCUT2D eigenvalue weighted by molar-refractivity contribution is 6.62. The Morgan fingerprint density at radius 3 is 2.31 bits per heavy atom. The van der Waals surface area contributed by atoms with E-state index in [9.17, 15) is 40.5 Å². The molecule has 0 bridgehead atoms. The van der Waals surface area contributed by atoms with Crippen LogP contribution in [0.4, 0.5) is 11.4 Å². The minimum atomic E-state index is -1.73. The number of aromatic amines is 1. The third kappa shape index (κ3) is 8.66. The number of H-pyrrole nitrogens is 1. The molecule has 4 aromatic rings. The predicted molar refractivity (Wildman–Crippen MR) is 212 cm³/mol. The van der Waals surface area contributed by atoms with Crippen molar-refractivity contribution in [2.75, 3.05) is 58.3 Å². The van der Waals surface area contributed by atoms with Crippen molar-refractivity contribution in [3.05, 3.63) is 83.9 Å². The van der Waals surface area contributed by atoms with Crippen molar-refractivity contribution in [1.29, 1.82) is 0 Å². The average molecular weight is 818 g/mol. The highest BCUT2D eigenvalue weighted by Crippen LogP contribution is 2.36. The van der Waals surface area contributed by atoms with Crippen molar-refractivity contribution in [2.45, 2.75) is 61.4 Å². The lowest BCUT2D eigenvalue weighted by Crippen LogP contribution is -2.64. The summed E-state index contributed by atoms with van der Waals surface area (Å²) in [5.74, 6) is -0.233. The normalized spacial score (nSPS) is 30.8. The molecule has 4 aliphatic rings. The van der Waals surface area contributed by atoms with Gasteiger partial charge >= 0.3 is 7.12 Å². The number of aromatic hydroxyl groups is 1. The van der Waals surface area contributed by atoms with E-state index in [1.807, 2.05) is 30.3 Å². The van der Waals surface area contributed by atoms with Gasteiger partial charge in [0.1, 0.15) is 48.8 Å². The van der Waals surface area contributed by atoms with Crippen molar-refractivity contribution in [1.82, 2.24) is 14.8 Å². The fourth-order valence-electron chi connectivity index (χ4n) is 7.92. The molecule has 5 heterocycles. The smallest absolute Gasteiger partial charge is 0.494 e. The molecule has 1 aromatic heterocycles. The molecule has 4 aliphatic heterocycles. The highest BCUT2D eigenvalue weighted by Gasteiger charge is 2.56. The Morgan fingerprint density at radius 2 is 1.59 bits per heavy atom. The first-order valence-electron chi connectivity index (χ1n) is 19.5. The zero-order valence-corrected chi connectivity index (χ0v) is 32.2. The Labute approximate surface area is 339 Å². The SMILES string of the molecule is CN1CCN(CC(=O)Nc2ccc(N=C(c3ccccc3)c3c(O)[nH]c4cc(B5O[C@@H]6[C@@H](O5)[C@H](O)O[C@H](CO)[C@H]6O[C@H]5O[C@H](CO)[C@@H](O)[C@H](O)[C@H]5O)ccc34)cc2)CC1. The van der Waals surface area contributed by atoms with Crippen LogP contribution in [0.15, 0.2) is 77.8 Å². The Kier molecular flexibility index (Phi) is 12.4. The molecule has 8 rings (SSSR count). The van der Waals surface area contributed by atoms with Gasteiger partial charge in [0, 0.05) is 48.3 Å². The van der Waals surface area contributed by atoms with E-state index in [0.29, 0.717) is 45.6 Å². The number of likely N-dealkylation sites (N-methyl/N-ethyl adjacent to an activating group) is 1. The molecule has 3 aromatic carbocycles. The minimum absolute atomic E-state index is 0.0915. The van der Waals surface area contributed by atoms with Crippen LogP contribution < -0.4 is 10.8 Å². The maximum absolute atomic E-state index is 12.8. The van der Waals surface area contributed by atoms with E-state index in [1.54, 1.807) is 42.5 Å². The van der Waals surface area contributed by atoms with Crippen molar-refractivity contribution < 1.29 is 64.1 Å². The maximum Gasteiger partial charge on any atom is 0.494 e. The van der Waals surface area contributed by atoms with Gasteiger partial charge in [0.25, 0.3) is 0 Å². The van der Waals surface area contributed by atoms with Gasteiger partial charge in [0.15, 0.2) is 18.5 Å². The molecule has 1 amide bonds. The van der Waals surface area contributed by atoms with E-state index < -0.39 is 81.7 Å². The maximum atomic E-state index is 12.8. The fourth-order valence-corrected chi connectivity index (χ4v) is 7.92. The van der Waals surface area contributed by atoms with Gasteiger partial charge in [0.2, 0.25) is 5.91 Å². The average Bonchev–Trinajstić information content (AvgIpc) is 3.84. The Morgan fingerprint density at radius 1 is 0.881 bits per heavy atom. The summed E-state index contributed by atoms with van der Waals surface area (Å²) >= 11 is 0. The summed E-state index contributed by atoms with van der Waals surface area (Å²) < 4.78 is 29.5. The zero-order chi connectivity index (χ0) is 41.4. The number of amides is 1. The first kappa shape index (κ1) is 41.4. The number of aliphatic hydroxyl groups is 6. The summed E-state index contributed by atoms with van der Waals surface area (Å²) in [6, 6.07) is 21.8. The summed E-state index contributed by atoms with van der Waals surface area (Å²) in [4.78, 5) is 25.1. The standard InChI is InChI=1S/C40H48BN5O13/c1-45-13-15-46(16-14-45)18-29(49)42-23-8-10-24(11-9-23)43-31(21-5-3-2-4-6-21)30-25-12-7-22(17-26(25)44-38(30)53)41-58-36-35(28(20-48)55-39(54)37(36)59-41)57-40-34(52)33(51)32(50)27(19-47)56-40/h2-12,17,27-28,32-37,39-40,44,47-48,50-54H,13-16,18-20H2,1H3,(H,42,49)/t27-,28-,32-,33+,34-,35-,36+,37-,39-,40-/m1/s1. The van der Waals surface area contributed by atoms with Crippen LogP contribution in [0, 0.1) is 0 Å². The van der Waals surface area contributed by atoms with E-state index in [4.69, 9.17) is 28.5 Å². The number of aliphatic hydroxyl groups excluding tert-OH is 6. The van der Waals surface area contributed by atoms with E-state index in [-0.39, 0.29) is 11.8 Å². The molecule has 18 nitrogen and oxygen atoms in total. The van der Waals surface area contributed by atoms with Crippen LogP contribution in [0.1, 0.15) is 11.1 Å². The molecule has 10 atom stereocenters. The molecular formula is C40H48BN5O13. The number of nitrogens with zero attached hydrogens (tertiary/aromatic N) is 3. The number of aromatic nitrogens is 1. The Bertz CT molecular complexity index is 2100. The van der Waals surface area contributed by atoms with Gasteiger partial charge in [-0.25, -0.2) is 4.99 Å². The topological polar surface area (TPSA) is 251 Å². The number of fused-ring (bicyclic) bond motifs is 2. The summed E-state index contributed by atoms with van der Waals surface area (Å²) in [7, 11) is 0.975. The van der Waals surface area contributed by atoms with Crippen LogP contribution >= 0.6 is 0 Å². The molecule has 9 N–H and O–H groups in total. The first-order valence-corrected chi connectivity index (χ1v) is 19.5. The number of aliphatic imine (C=N–C) groups is 1. The molecule has 0 unspecified atom stereocenters. The predicted octanol–water partition coefficient (Wildman–Crippen LogP) is -1.40. The quantitative estimate of drug-likeness (QED) is 0.0624. The van der Waals surface area contributed by atoms with Crippen molar-refractivity contribution in [3.8, 4) is 5.88 Å². The van der Waals surface area contributed by atoms with E-state index in [0.717, 1.165) is 31.7 Å². The van der Waals surface area contributed by atoms with Gasteiger partial charge < -0.3 is 74.5 Å². The molecule has 19 heteroatoms. The summed E-state index contributed by atoms with van der Waals surface area (Å²) in [6.07, 6.45) is -14.0. The van der Waals surface area contributed by atoms with Crippen LogP contribution in [-0.4, -0.2) is 184 Å². The fraction of sp³-hybridized carbons (Fsp3) is 0.450. The van der Waals surface area contributed by atoms with Gasteiger partial charge in [0.05, 0.1) is 36.7 Å². The lowest BCUT2D eigenvalue weighted by molar-refractivity contribution is -0.345. The van der Waals surface area contributed by atoms with Gasteiger partial charge in [-0.1, -0.05) is 42.5 Å². The molecule has 4 fully saturated rings. The van der Waals surface area contributed by atoms with E-state index >= 15 is 0 Å². The number of piperazine rings is 1. The van der Waals surface area contributed by atoms with Crippen molar-refractivity contribution in [2.24, 2.45) is 4.99 Å². The van der Waals surface area contributed by atoms with Crippen molar-refractivity contribution >= 4 is 46.5 Å². The number of carbonyl (C=O) groups is 1. The van der Waals surface area contributed by atoms with E-state index in [1.165, 1.54) is 0 Å². The Hall–Kier alpha value is -4.32. The number of anilines is 1. The summed E-state index contributed by atoms with van der Waals surface area (Å²) in [6.45, 7) is 2.52. The second kappa shape index (κ2) is 17.7. The zero-order valence-electron chi connectivity index (χ0n) is 32.2. The number of benzene rings is 3. The Balaban J connectivity index is 1.02. The second-order valence-electron chi connectivity index (χ2n) is 15.2. The van der Waals surface area contributed by atoms with Crippen LogP contribution in [0.2, 0.25) is 0 Å². The van der Waals surface area contributed by atoms with Crippen molar-refractivity contribution in [3.63, 3.8) is 0 Å². The van der Waals surface area contributed by atoms with Gasteiger partial charge in [-0.3, -0.25) is 9.69 Å². The lowest BCUT2D eigenvalue weighted by atomic mass is 9.79. The van der Waals surface area contributed by atoms with Crippen LogP contribution in [-0.2, 0) is 28.3 Å². The monoisotopic (exact) mass is 817 g/mol. The molecule has 59 heavy (non-hydrogen) atoms. The summed E-state index contributed by atoms with van der Waals surface area (Å²) in [5.41, 5.74) is 3.89. The number of rotatable bonds is 11. The number of carbonyl (C=O) groups excluding carboxylic acids is 1. The van der Waals surface area contributed by atoms with Gasteiger partial charge in [-0.05, 0) is 42.8 Å². The lowest BCUT2D eigenvalue weighted by Gasteiger charge is -2.45. The number of hydrogen-bond donors (Lipinski definition) is 9. The number of nitrogens with one attached hydrogen (secondary N) is 2. The molecule has 0 spiro atoms. The first-order chi connectivity index (χ1) is 28.5. The van der Waals surface area contributed by atoms with Crippen LogP contribution in [0.5, 0.6) is 5.88 Å². The van der Waals surface area contributed by atoms with Crippen LogP contribution in [0.3, 0.4) is 0 Å².